The summed E-state index contributed by atoms with van der Waals surface area (Å²) < 4.78 is 32.9. The number of hydrogen-bond acceptors (Lipinski definition) is 4. The van der Waals surface area contributed by atoms with Gasteiger partial charge in [-0.2, -0.15) is 4.72 Å². The molecule has 0 aliphatic heterocycles. The van der Waals surface area contributed by atoms with Crippen LogP contribution in [0.5, 0.6) is 5.75 Å². The fraction of sp³-hybridized carbons (Fsp3) is 0.409. The Bertz CT molecular complexity index is 969. The minimum absolute atomic E-state index is 0.0821. The number of amides is 1. The molecule has 0 saturated heterocycles. The zero-order valence-electron chi connectivity index (χ0n) is 17.9. The van der Waals surface area contributed by atoms with Gasteiger partial charge in [0, 0.05) is 0 Å². The monoisotopic (exact) mass is 418 g/mol. The number of benzene rings is 2. The lowest BCUT2D eigenvalue weighted by Crippen LogP contribution is -2.45. The molecule has 0 aromatic heterocycles. The summed E-state index contributed by atoms with van der Waals surface area (Å²) in [6, 6.07) is 9.09. The summed E-state index contributed by atoms with van der Waals surface area (Å²) in [6.45, 7) is 11.9. The van der Waals surface area contributed by atoms with Gasteiger partial charge in [0.2, 0.25) is 15.9 Å². The van der Waals surface area contributed by atoms with Crippen LogP contribution in [0.1, 0.15) is 49.1 Å². The zero-order valence-corrected chi connectivity index (χ0v) is 18.7. The van der Waals surface area contributed by atoms with Gasteiger partial charge in [0.05, 0.1) is 23.6 Å². The molecule has 2 rings (SSSR count). The zero-order chi connectivity index (χ0) is 21.8. The predicted molar refractivity (Wildman–Crippen MR) is 115 cm³/mol. The van der Waals surface area contributed by atoms with Crippen LogP contribution in [0.2, 0.25) is 0 Å². The Kier molecular flexibility index (Phi) is 7.43. The number of ether oxygens (including phenoxy) is 1. The van der Waals surface area contributed by atoms with E-state index in [0.29, 0.717) is 12.4 Å². The van der Waals surface area contributed by atoms with Crippen LogP contribution in [0.15, 0.2) is 41.3 Å². The summed E-state index contributed by atoms with van der Waals surface area (Å²) in [5.74, 6) is 0.208. The van der Waals surface area contributed by atoms with Crippen molar-refractivity contribution >= 4 is 15.9 Å². The van der Waals surface area contributed by atoms with E-state index in [-0.39, 0.29) is 16.8 Å². The molecule has 29 heavy (non-hydrogen) atoms. The molecule has 0 radical (unpaired) electrons. The lowest BCUT2D eigenvalue weighted by molar-refractivity contribution is -0.123. The summed E-state index contributed by atoms with van der Waals surface area (Å²) in [6.07, 6.45) is 0. The fourth-order valence-electron chi connectivity index (χ4n) is 3.10. The van der Waals surface area contributed by atoms with Crippen molar-refractivity contribution in [1.82, 2.24) is 10.0 Å². The second-order valence-corrected chi connectivity index (χ2v) is 8.98. The maximum Gasteiger partial charge on any atom is 0.241 e. The molecule has 1 amide bonds. The third kappa shape index (κ3) is 5.81. The maximum absolute atomic E-state index is 12.6. The Labute approximate surface area is 173 Å². The van der Waals surface area contributed by atoms with Gasteiger partial charge in [-0.05, 0) is 88.1 Å². The highest BCUT2D eigenvalue weighted by Crippen LogP contribution is 2.22. The maximum atomic E-state index is 12.6. The highest BCUT2D eigenvalue weighted by atomic mass is 32.2. The first kappa shape index (κ1) is 22.9. The van der Waals surface area contributed by atoms with Gasteiger partial charge < -0.3 is 10.1 Å². The molecule has 0 spiro atoms. The van der Waals surface area contributed by atoms with Gasteiger partial charge in [0.1, 0.15) is 5.75 Å². The Balaban J connectivity index is 2.06. The summed E-state index contributed by atoms with van der Waals surface area (Å²) in [5.41, 5.74) is 4.45. The third-order valence-corrected chi connectivity index (χ3v) is 6.43. The van der Waals surface area contributed by atoms with E-state index in [1.807, 2.05) is 34.6 Å². The predicted octanol–water partition coefficient (Wildman–Crippen LogP) is 3.55. The number of nitrogens with one attached hydrogen (secondary N) is 2. The van der Waals surface area contributed by atoms with Crippen molar-refractivity contribution in [2.24, 2.45) is 0 Å². The molecule has 2 N–H and O–H groups in total. The molecular weight excluding hydrogens is 388 g/mol. The van der Waals surface area contributed by atoms with Crippen molar-refractivity contribution in [3.8, 4) is 5.75 Å². The molecule has 2 atom stereocenters. The molecule has 0 fully saturated rings. The molecule has 2 aromatic rings. The average molecular weight is 419 g/mol. The molecule has 0 bridgehead atoms. The Morgan fingerprint density at radius 1 is 1.00 bits per heavy atom. The van der Waals surface area contributed by atoms with Gasteiger partial charge in [-0.25, -0.2) is 8.42 Å². The topological polar surface area (TPSA) is 84.5 Å². The largest absolute Gasteiger partial charge is 0.494 e. The molecule has 0 aliphatic carbocycles. The first-order valence-electron chi connectivity index (χ1n) is 9.68. The van der Waals surface area contributed by atoms with Crippen molar-refractivity contribution in [3.63, 3.8) is 0 Å². The molecule has 0 saturated carbocycles. The number of carbonyl (C=O) groups is 1. The van der Waals surface area contributed by atoms with Gasteiger partial charge in [-0.3, -0.25) is 4.79 Å². The van der Waals surface area contributed by atoms with E-state index in [1.165, 1.54) is 24.6 Å². The Morgan fingerprint density at radius 3 is 2.17 bits per heavy atom. The van der Waals surface area contributed by atoms with Crippen LogP contribution in [0.3, 0.4) is 0 Å². The summed E-state index contributed by atoms with van der Waals surface area (Å²) in [7, 11) is -3.82. The standard InChI is InChI=1S/C22H30N2O4S/c1-7-28-19-8-10-20(11-9-19)29(26,27)24-18(6)22(25)23-17(5)21-13-15(3)14(2)12-16(21)4/h8-13,17-18,24H,7H2,1-6H3,(H,23,25)/t17-,18-/m1/s1. The number of sulfonamides is 1. The van der Waals surface area contributed by atoms with E-state index in [1.54, 1.807) is 12.1 Å². The van der Waals surface area contributed by atoms with Crippen molar-refractivity contribution in [2.75, 3.05) is 6.61 Å². The van der Waals surface area contributed by atoms with Crippen LogP contribution in [0.25, 0.3) is 0 Å². The van der Waals surface area contributed by atoms with Gasteiger partial charge in [-0.1, -0.05) is 12.1 Å². The van der Waals surface area contributed by atoms with Crippen LogP contribution in [-0.2, 0) is 14.8 Å². The molecule has 0 unspecified atom stereocenters. The molecule has 7 heteroatoms. The van der Waals surface area contributed by atoms with Crippen LogP contribution >= 0.6 is 0 Å². The van der Waals surface area contributed by atoms with Crippen molar-refractivity contribution in [2.45, 2.75) is 58.5 Å². The summed E-state index contributed by atoms with van der Waals surface area (Å²) >= 11 is 0. The summed E-state index contributed by atoms with van der Waals surface area (Å²) in [4.78, 5) is 12.7. The molecule has 158 valence electrons. The molecule has 0 heterocycles. The van der Waals surface area contributed by atoms with Gasteiger partial charge >= 0.3 is 0 Å². The molecular formula is C22H30N2O4S. The quantitative estimate of drug-likeness (QED) is 0.687. The third-order valence-electron chi connectivity index (χ3n) is 4.88. The normalized spacial score (nSPS) is 13.6. The van der Waals surface area contributed by atoms with E-state index < -0.39 is 16.1 Å². The highest BCUT2D eigenvalue weighted by Gasteiger charge is 2.23. The minimum atomic E-state index is -3.82. The van der Waals surface area contributed by atoms with E-state index in [2.05, 4.69) is 22.2 Å². The van der Waals surface area contributed by atoms with Crippen molar-refractivity contribution in [3.05, 3.63) is 58.7 Å². The second kappa shape index (κ2) is 9.41. The smallest absolute Gasteiger partial charge is 0.241 e. The van der Waals surface area contributed by atoms with Gasteiger partial charge in [0.25, 0.3) is 0 Å². The Hall–Kier alpha value is -2.38. The number of aryl methyl sites for hydroxylation is 3. The number of carbonyl (C=O) groups excluding carboxylic acids is 1. The molecule has 2 aromatic carbocycles. The first-order chi connectivity index (χ1) is 13.5. The molecule has 0 aliphatic rings. The van der Waals surface area contributed by atoms with Crippen LogP contribution in [0, 0.1) is 20.8 Å². The van der Waals surface area contributed by atoms with E-state index in [9.17, 15) is 13.2 Å². The SMILES string of the molecule is CCOc1ccc(S(=O)(=O)N[C@H](C)C(=O)N[C@H](C)c2cc(C)c(C)cc2C)cc1. The van der Waals surface area contributed by atoms with Crippen LogP contribution in [-0.4, -0.2) is 27.0 Å². The molecule has 6 nitrogen and oxygen atoms in total. The second-order valence-electron chi connectivity index (χ2n) is 7.27. The fourth-order valence-corrected chi connectivity index (χ4v) is 4.30. The van der Waals surface area contributed by atoms with Gasteiger partial charge in [-0.15, -0.1) is 0 Å². The number of rotatable bonds is 8. The van der Waals surface area contributed by atoms with Gasteiger partial charge in [0.15, 0.2) is 0 Å². The summed E-state index contributed by atoms with van der Waals surface area (Å²) in [5, 5.41) is 2.90. The van der Waals surface area contributed by atoms with Crippen LogP contribution in [0.4, 0.5) is 0 Å². The first-order valence-corrected chi connectivity index (χ1v) is 11.2. The van der Waals surface area contributed by atoms with E-state index in [4.69, 9.17) is 4.74 Å². The lowest BCUT2D eigenvalue weighted by Gasteiger charge is -2.21. The van der Waals surface area contributed by atoms with Crippen molar-refractivity contribution < 1.29 is 17.9 Å². The number of hydrogen-bond donors (Lipinski definition) is 2. The van der Waals surface area contributed by atoms with Crippen molar-refractivity contribution in [1.29, 1.82) is 0 Å². The lowest BCUT2D eigenvalue weighted by atomic mass is 9.96. The average Bonchev–Trinajstić information content (AvgIpc) is 2.65. The minimum Gasteiger partial charge on any atom is -0.494 e. The highest BCUT2D eigenvalue weighted by molar-refractivity contribution is 7.89. The van der Waals surface area contributed by atoms with E-state index in [0.717, 1.165) is 16.7 Å². The van der Waals surface area contributed by atoms with E-state index >= 15 is 0 Å². The van der Waals surface area contributed by atoms with Crippen LogP contribution < -0.4 is 14.8 Å². The Morgan fingerprint density at radius 2 is 1.59 bits per heavy atom.